The van der Waals surface area contributed by atoms with E-state index in [-0.39, 0.29) is 11.4 Å². The quantitative estimate of drug-likeness (QED) is 0.460. The lowest BCUT2D eigenvalue weighted by atomic mass is 10.0. The molecule has 0 aliphatic heterocycles. The van der Waals surface area contributed by atoms with E-state index in [9.17, 15) is 10.1 Å². The Bertz CT molecular complexity index is 727. The molecule has 0 atom stereocenters. The number of hydrogen-bond acceptors (Lipinski definition) is 5. The van der Waals surface area contributed by atoms with Gasteiger partial charge in [-0.3, -0.25) is 4.79 Å². The Kier molecular flexibility index (Phi) is 5.34. The Hall–Kier alpha value is -2.58. The number of nitriles is 1. The molecule has 22 heavy (non-hydrogen) atoms. The highest BCUT2D eigenvalue weighted by Gasteiger charge is 2.13. The second-order valence-electron chi connectivity index (χ2n) is 4.35. The smallest absolute Gasteiger partial charge is 0.204 e. The molecular formula is C17H15NO3S. The van der Waals surface area contributed by atoms with Gasteiger partial charge in [-0.1, -0.05) is 6.07 Å². The summed E-state index contributed by atoms with van der Waals surface area (Å²) < 4.78 is 10.7. The second-order valence-corrected chi connectivity index (χ2v) is 5.13. The summed E-state index contributed by atoms with van der Waals surface area (Å²) in [5.74, 6) is 0.914. The van der Waals surface area contributed by atoms with Gasteiger partial charge in [0.05, 0.1) is 13.7 Å². The van der Waals surface area contributed by atoms with Crippen molar-refractivity contribution in [3.63, 3.8) is 0 Å². The summed E-state index contributed by atoms with van der Waals surface area (Å²) in [5, 5.41) is 12.8. The highest BCUT2D eigenvalue weighted by Crippen LogP contribution is 2.29. The molecule has 0 aliphatic rings. The summed E-state index contributed by atoms with van der Waals surface area (Å²) in [6.45, 7) is 2.42. The molecule has 4 nitrogen and oxygen atoms in total. The molecule has 0 radical (unpaired) electrons. The second kappa shape index (κ2) is 7.43. The summed E-state index contributed by atoms with van der Waals surface area (Å²) in [5.41, 5.74) is 1.32. The zero-order chi connectivity index (χ0) is 15.9. The number of nitrogens with zero attached hydrogens (tertiary/aromatic N) is 1. The predicted molar refractivity (Wildman–Crippen MR) is 86.4 cm³/mol. The summed E-state index contributed by atoms with van der Waals surface area (Å²) in [6, 6.07) is 8.95. The largest absolute Gasteiger partial charge is 0.493 e. The Balaban J connectivity index is 2.34. The molecule has 0 amide bonds. The first-order chi connectivity index (χ1) is 10.7. The highest BCUT2D eigenvalue weighted by molar-refractivity contribution is 7.08. The van der Waals surface area contributed by atoms with E-state index < -0.39 is 0 Å². The van der Waals surface area contributed by atoms with Gasteiger partial charge in [-0.15, -0.1) is 0 Å². The van der Waals surface area contributed by atoms with E-state index in [1.54, 1.807) is 42.8 Å². The average Bonchev–Trinajstić information content (AvgIpc) is 3.07. The number of Topliss-reactive ketones (excluding diaryl/α,β-unsaturated/α-hetero) is 1. The zero-order valence-corrected chi connectivity index (χ0v) is 13.1. The summed E-state index contributed by atoms with van der Waals surface area (Å²) in [7, 11) is 1.55. The molecule has 5 heteroatoms. The van der Waals surface area contributed by atoms with Crippen LogP contribution in [0, 0.1) is 11.3 Å². The van der Waals surface area contributed by atoms with E-state index in [0.717, 1.165) is 0 Å². The van der Waals surface area contributed by atoms with Gasteiger partial charge in [-0.25, -0.2) is 0 Å². The number of allylic oxidation sites excluding steroid dienone is 1. The van der Waals surface area contributed by atoms with Gasteiger partial charge >= 0.3 is 0 Å². The van der Waals surface area contributed by atoms with Gasteiger partial charge in [-0.05, 0) is 42.1 Å². The van der Waals surface area contributed by atoms with Crippen molar-refractivity contribution < 1.29 is 14.3 Å². The topological polar surface area (TPSA) is 59.3 Å². The summed E-state index contributed by atoms with van der Waals surface area (Å²) >= 11 is 1.42. The third-order valence-electron chi connectivity index (χ3n) is 2.95. The molecule has 0 saturated heterocycles. The van der Waals surface area contributed by atoms with E-state index in [2.05, 4.69) is 0 Å². The summed E-state index contributed by atoms with van der Waals surface area (Å²) in [4.78, 5) is 12.2. The summed E-state index contributed by atoms with van der Waals surface area (Å²) in [6.07, 6.45) is 1.55. The molecule has 0 aliphatic carbocycles. The molecule has 0 unspecified atom stereocenters. The predicted octanol–water partition coefficient (Wildman–Crippen LogP) is 3.95. The maximum absolute atomic E-state index is 12.2. The Morgan fingerprint density at radius 3 is 2.77 bits per heavy atom. The van der Waals surface area contributed by atoms with Crippen molar-refractivity contribution in [1.29, 1.82) is 5.26 Å². The number of ether oxygens (including phenoxy) is 2. The third kappa shape index (κ3) is 3.54. The molecule has 1 aromatic heterocycles. The Labute approximate surface area is 133 Å². The van der Waals surface area contributed by atoms with Crippen LogP contribution in [-0.2, 0) is 0 Å². The van der Waals surface area contributed by atoms with Crippen molar-refractivity contribution in [2.24, 2.45) is 0 Å². The minimum atomic E-state index is -0.281. The molecule has 0 saturated carbocycles. The van der Waals surface area contributed by atoms with Crippen LogP contribution in [0.25, 0.3) is 6.08 Å². The molecule has 2 rings (SSSR count). The lowest BCUT2D eigenvalue weighted by Gasteiger charge is -2.09. The monoisotopic (exact) mass is 313 g/mol. The van der Waals surface area contributed by atoms with Crippen LogP contribution in [0.5, 0.6) is 11.5 Å². The first-order valence-corrected chi connectivity index (χ1v) is 7.63. The lowest BCUT2D eigenvalue weighted by molar-refractivity contribution is 0.104. The van der Waals surface area contributed by atoms with Gasteiger partial charge < -0.3 is 9.47 Å². The van der Waals surface area contributed by atoms with Gasteiger partial charge in [0.1, 0.15) is 11.6 Å². The molecule has 1 heterocycles. The molecule has 0 N–H and O–H groups in total. The molecule has 112 valence electrons. The molecule has 2 aromatic rings. The van der Waals surface area contributed by atoms with Crippen LogP contribution in [0.15, 0.2) is 40.6 Å². The van der Waals surface area contributed by atoms with Crippen molar-refractivity contribution in [2.45, 2.75) is 6.92 Å². The molecule has 0 spiro atoms. The van der Waals surface area contributed by atoms with Crippen LogP contribution >= 0.6 is 11.3 Å². The fourth-order valence-electron chi connectivity index (χ4n) is 1.91. The highest BCUT2D eigenvalue weighted by atomic mass is 32.1. The van der Waals surface area contributed by atoms with Crippen molar-refractivity contribution in [3.8, 4) is 17.6 Å². The van der Waals surface area contributed by atoms with Crippen molar-refractivity contribution in [1.82, 2.24) is 0 Å². The van der Waals surface area contributed by atoms with E-state index in [4.69, 9.17) is 9.47 Å². The van der Waals surface area contributed by atoms with Crippen LogP contribution < -0.4 is 9.47 Å². The fourth-order valence-corrected chi connectivity index (χ4v) is 2.55. The number of thiophene rings is 1. The maximum Gasteiger partial charge on any atom is 0.204 e. The van der Waals surface area contributed by atoms with E-state index in [1.165, 1.54) is 11.3 Å². The first kappa shape index (κ1) is 15.8. The molecule has 1 aromatic carbocycles. The number of ketones is 1. The minimum absolute atomic E-state index is 0.0876. The fraction of sp³-hybridized carbons (Fsp3) is 0.176. The van der Waals surface area contributed by atoms with E-state index in [0.29, 0.717) is 29.2 Å². The molecular weight excluding hydrogens is 298 g/mol. The van der Waals surface area contributed by atoms with Crippen LogP contribution in [0.4, 0.5) is 0 Å². The Morgan fingerprint density at radius 1 is 1.36 bits per heavy atom. The molecule has 0 fully saturated rings. The van der Waals surface area contributed by atoms with Gasteiger partial charge in [-0.2, -0.15) is 16.6 Å². The Morgan fingerprint density at radius 2 is 2.18 bits per heavy atom. The van der Waals surface area contributed by atoms with Gasteiger partial charge in [0.2, 0.25) is 5.78 Å². The van der Waals surface area contributed by atoms with Crippen molar-refractivity contribution >= 4 is 23.2 Å². The number of rotatable bonds is 6. The maximum atomic E-state index is 12.2. The first-order valence-electron chi connectivity index (χ1n) is 6.69. The van der Waals surface area contributed by atoms with Crippen molar-refractivity contribution in [3.05, 3.63) is 51.7 Å². The standard InChI is InChI=1S/C17H15NO3S/c1-3-21-15-5-4-12(9-16(15)20-2)8-14(10-18)17(19)13-6-7-22-11-13/h4-9,11H,3H2,1-2H3/b14-8+. The van der Waals surface area contributed by atoms with Crippen LogP contribution in [0.3, 0.4) is 0 Å². The average molecular weight is 313 g/mol. The van der Waals surface area contributed by atoms with Crippen molar-refractivity contribution in [2.75, 3.05) is 13.7 Å². The minimum Gasteiger partial charge on any atom is -0.493 e. The number of carbonyl (C=O) groups is 1. The van der Waals surface area contributed by atoms with Crippen LogP contribution in [0.2, 0.25) is 0 Å². The normalized spacial score (nSPS) is 10.9. The SMILES string of the molecule is CCOc1ccc(/C=C(\C#N)C(=O)c2ccsc2)cc1OC. The number of hydrogen-bond donors (Lipinski definition) is 0. The molecule has 0 bridgehead atoms. The van der Waals surface area contributed by atoms with Gasteiger partial charge in [0.15, 0.2) is 11.5 Å². The lowest BCUT2D eigenvalue weighted by Crippen LogP contribution is -2.00. The van der Waals surface area contributed by atoms with Crippen LogP contribution in [0.1, 0.15) is 22.8 Å². The van der Waals surface area contributed by atoms with Gasteiger partial charge in [0, 0.05) is 10.9 Å². The zero-order valence-electron chi connectivity index (χ0n) is 12.3. The number of benzene rings is 1. The van der Waals surface area contributed by atoms with Crippen LogP contribution in [-0.4, -0.2) is 19.5 Å². The number of methoxy groups -OCH3 is 1. The van der Waals surface area contributed by atoms with E-state index in [1.807, 2.05) is 18.4 Å². The number of carbonyl (C=O) groups excluding carboxylic acids is 1. The van der Waals surface area contributed by atoms with Gasteiger partial charge in [0.25, 0.3) is 0 Å². The third-order valence-corrected chi connectivity index (χ3v) is 3.63. The van der Waals surface area contributed by atoms with E-state index >= 15 is 0 Å².